The quantitative estimate of drug-likeness (QED) is 0.376. The normalized spacial score (nSPS) is 18.1. The monoisotopic (exact) mass is 461 g/mol. The van der Waals surface area contributed by atoms with Crippen molar-refractivity contribution in [1.29, 1.82) is 0 Å². The highest BCUT2D eigenvalue weighted by Gasteiger charge is 2.36. The summed E-state index contributed by atoms with van der Waals surface area (Å²) in [6.45, 7) is 2.58. The maximum atomic E-state index is 12.6. The number of H-pyrrole nitrogens is 1. The largest absolute Gasteiger partial charge is 0.361 e. The molecule has 0 bridgehead atoms. The van der Waals surface area contributed by atoms with Crippen LogP contribution in [0.3, 0.4) is 0 Å². The second-order valence-electron chi connectivity index (χ2n) is 9.95. The number of hydrogen-bond acceptors (Lipinski definition) is 3. The average molecular weight is 462 g/mol. The summed E-state index contributed by atoms with van der Waals surface area (Å²) < 4.78 is 2.33. The van der Waals surface area contributed by atoms with Crippen LogP contribution >= 0.6 is 0 Å². The van der Waals surface area contributed by atoms with E-state index >= 15 is 0 Å². The first kappa shape index (κ1) is 20.4. The Morgan fingerprint density at radius 2 is 1.86 bits per heavy atom. The van der Waals surface area contributed by atoms with Gasteiger partial charge in [0.15, 0.2) is 0 Å². The molecule has 2 fully saturated rings. The summed E-state index contributed by atoms with van der Waals surface area (Å²) in [6.07, 6.45) is 8.84. The summed E-state index contributed by atoms with van der Waals surface area (Å²) in [5, 5.41) is 1.21. The molecule has 6 nitrogen and oxygen atoms in total. The number of amides is 1. The lowest BCUT2D eigenvalue weighted by Crippen LogP contribution is -2.30. The molecule has 1 aliphatic heterocycles. The lowest BCUT2D eigenvalue weighted by molar-refractivity contribution is -0.131. The van der Waals surface area contributed by atoms with Gasteiger partial charge in [0, 0.05) is 49.1 Å². The lowest BCUT2D eigenvalue weighted by atomic mass is 10.0. The number of para-hydroxylation sites is 1. The standard InChI is InChI=1S/C29H27N5O/c35-29(23-8-9-23)33-15-12-19(17-33)18-34-26-11-13-30-16-25(26)32-28(34)22-6-4-20(5-7-22)24-3-1-2-21-10-14-31-27(21)24/h1-7,10-11,13-14,16,19,23,31H,8-9,12,15,17-18H2. The Hall–Kier alpha value is -3.93. The summed E-state index contributed by atoms with van der Waals surface area (Å²) in [5.41, 5.74) is 6.63. The highest BCUT2D eigenvalue weighted by Crippen LogP contribution is 2.35. The fourth-order valence-electron chi connectivity index (χ4n) is 5.54. The van der Waals surface area contributed by atoms with Crippen molar-refractivity contribution in [2.75, 3.05) is 13.1 Å². The molecule has 5 aromatic rings. The Kier molecular flexibility index (Phi) is 4.72. The molecule has 174 valence electrons. The van der Waals surface area contributed by atoms with Crippen molar-refractivity contribution >= 4 is 27.8 Å². The van der Waals surface area contributed by atoms with Crippen LogP contribution in [0.4, 0.5) is 0 Å². The molecule has 1 saturated carbocycles. The molecule has 6 heteroatoms. The van der Waals surface area contributed by atoms with Crippen molar-refractivity contribution in [1.82, 2.24) is 24.4 Å². The lowest BCUT2D eigenvalue weighted by Gasteiger charge is -2.18. The number of carbonyl (C=O) groups is 1. The molecular weight excluding hydrogens is 434 g/mol. The van der Waals surface area contributed by atoms with Gasteiger partial charge in [0.25, 0.3) is 0 Å². The summed E-state index contributed by atoms with van der Waals surface area (Å²) in [5.74, 6) is 2.05. The van der Waals surface area contributed by atoms with Crippen molar-refractivity contribution in [3.05, 3.63) is 73.2 Å². The van der Waals surface area contributed by atoms with E-state index in [1.807, 2.05) is 24.7 Å². The maximum absolute atomic E-state index is 12.6. The van der Waals surface area contributed by atoms with Crippen molar-refractivity contribution in [2.24, 2.45) is 11.8 Å². The van der Waals surface area contributed by atoms with Gasteiger partial charge >= 0.3 is 0 Å². The van der Waals surface area contributed by atoms with E-state index in [4.69, 9.17) is 4.98 Å². The predicted octanol–water partition coefficient (Wildman–Crippen LogP) is 5.51. The van der Waals surface area contributed by atoms with E-state index in [0.29, 0.717) is 17.7 Å². The second kappa shape index (κ2) is 8.08. The molecule has 0 radical (unpaired) electrons. The van der Waals surface area contributed by atoms with Gasteiger partial charge in [0.1, 0.15) is 11.3 Å². The van der Waals surface area contributed by atoms with E-state index in [1.165, 1.54) is 16.5 Å². The molecule has 7 rings (SSSR count). The number of imidazole rings is 1. The van der Waals surface area contributed by atoms with Gasteiger partial charge in [-0.3, -0.25) is 9.78 Å². The van der Waals surface area contributed by atoms with Crippen LogP contribution < -0.4 is 0 Å². The molecule has 1 aliphatic carbocycles. The van der Waals surface area contributed by atoms with Crippen LogP contribution in [0.25, 0.3) is 44.5 Å². The predicted molar refractivity (Wildman–Crippen MR) is 138 cm³/mol. The number of carbonyl (C=O) groups excluding carboxylic acids is 1. The summed E-state index contributed by atoms with van der Waals surface area (Å²) in [7, 11) is 0. The van der Waals surface area contributed by atoms with Crippen LogP contribution in [0.1, 0.15) is 19.3 Å². The number of likely N-dealkylation sites (tertiary alicyclic amines) is 1. The van der Waals surface area contributed by atoms with E-state index < -0.39 is 0 Å². The molecule has 1 saturated heterocycles. The number of aromatic nitrogens is 4. The Morgan fingerprint density at radius 1 is 1.00 bits per heavy atom. The smallest absolute Gasteiger partial charge is 0.225 e. The molecule has 1 unspecified atom stereocenters. The number of nitrogens with one attached hydrogen (secondary N) is 1. The van der Waals surface area contributed by atoms with E-state index in [9.17, 15) is 4.79 Å². The molecule has 1 N–H and O–H groups in total. The Bertz CT molecular complexity index is 1540. The summed E-state index contributed by atoms with van der Waals surface area (Å²) >= 11 is 0. The molecular formula is C29H27N5O. The number of benzene rings is 2. The minimum Gasteiger partial charge on any atom is -0.361 e. The number of fused-ring (bicyclic) bond motifs is 2. The first-order valence-corrected chi connectivity index (χ1v) is 12.5. The Morgan fingerprint density at radius 3 is 2.71 bits per heavy atom. The molecule has 1 amide bonds. The van der Waals surface area contributed by atoms with Gasteiger partial charge < -0.3 is 14.5 Å². The topological polar surface area (TPSA) is 66.8 Å². The Balaban J connectivity index is 1.21. The Labute approximate surface area is 203 Å². The highest BCUT2D eigenvalue weighted by molar-refractivity contribution is 5.94. The highest BCUT2D eigenvalue weighted by atomic mass is 16.2. The third-order valence-electron chi connectivity index (χ3n) is 7.56. The van der Waals surface area contributed by atoms with Crippen LogP contribution in [0, 0.1) is 11.8 Å². The van der Waals surface area contributed by atoms with Crippen LogP contribution in [-0.4, -0.2) is 43.4 Å². The number of rotatable bonds is 5. The van der Waals surface area contributed by atoms with Crippen molar-refractivity contribution in [3.8, 4) is 22.5 Å². The second-order valence-corrected chi connectivity index (χ2v) is 9.95. The first-order chi connectivity index (χ1) is 17.2. The van der Waals surface area contributed by atoms with Crippen molar-refractivity contribution in [3.63, 3.8) is 0 Å². The number of nitrogens with zero attached hydrogens (tertiary/aromatic N) is 4. The third-order valence-corrected chi connectivity index (χ3v) is 7.56. The molecule has 1 atom stereocenters. The molecule has 35 heavy (non-hydrogen) atoms. The number of aromatic amines is 1. The number of hydrogen-bond donors (Lipinski definition) is 1. The van der Waals surface area contributed by atoms with E-state index in [1.54, 1.807) is 0 Å². The molecule has 2 aliphatic rings. The van der Waals surface area contributed by atoms with Crippen LogP contribution in [0.15, 0.2) is 73.2 Å². The number of pyridine rings is 1. The van der Waals surface area contributed by atoms with Crippen LogP contribution in [0.2, 0.25) is 0 Å². The van der Waals surface area contributed by atoms with Gasteiger partial charge in [-0.05, 0) is 48.3 Å². The van der Waals surface area contributed by atoms with Gasteiger partial charge in [-0.2, -0.15) is 0 Å². The van der Waals surface area contributed by atoms with Gasteiger partial charge in [-0.1, -0.05) is 42.5 Å². The molecule has 2 aromatic carbocycles. The molecule has 3 aromatic heterocycles. The zero-order valence-electron chi connectivity index (χ0n) is 19.5. The van der Waals surface area contributed by atoms with Crippen LogP contribution in [0.5, 0.6) is 0 Å². The van der Waals surface area contributed by atoms with Crippen molar-refractivity contribution < 1.29 is 4.79 Å². The van der Waals surface area contributed by atoms with E-state index in [-0.39, 0.29) is 0 Å². The average Bonchev–Trinajstić information content (AvgIpc) is 3.28. The van der Waals surface area contributed by atoms with Gasteiger partial charge in [0.05, 0.1) is 17.2 Å². The molecule has 0 spiro atoms. The van der Waals surface area contributed by atoms with Gasteiger partial charge in [-0.25, -0.2) is 4.98 Å². The zero-order chi connectivity index (χ0) is 23.4. The molecule has 4 heterocycles. The van der Waals surface area contributed by atoms with E-state index in [2.05, 4.69) is 68.0 Å². The minimum atomic E-state index is 0.291. The fourth-order valence-corrected chi connectivity index (χ4v) is 5.54. The van der Waals surface area contributed by atoms with Crippen LogP contribution in [-0.2, 0) is 11.3 Å². The third kappa shape index (κ3) is 3.60. The fraction of sp³-hybridized carbons (Fsp3) is 0.276. The maximum Gasteiger partial charge on any atom is 0.225 e. The summed E-state index contributed by atoms with van der Waals surface area (Å²) in [6, 6.07) is 19.2. The van der Waals surface area contributed by atoms with Gasteiger partial charge in [-0.15, -0.1) is 0 Å². The minimum absolute atomic E-state index is 0.291. The van der Waals surface area contributed by atoms with Crippen molar-refractivity contribution in [2.45, 2.75) is 25.8 Å². The first-order valence-electron chi connectivity index (χ1n) is 12.5. The SMILES string of the molecule is O=C(C1CC1)N1CCC(Cn2c(-c3ccc(-c4cccc5cc[nH]c45)cc3)nc3cnccc32)C1. The van der Waals surface area contributed by atoms with E-state index in [0.717, 1.165) is 66.8 Å². The summed E-state index contributed by atoms with van der Waals surface area (Å²) in [4.78, 5) is 27.3. The zero-order valence-corrected chi connectivity index (χ0v) is 19.5. The van der Waals surface area contributed by atoms with Gasteiger partial charge in [0.2, 0.25) is 5.91 Å².